The monoisotopic (exact) mass is 304 g/mol. The van der Waals surface area contributed by atoms with Gasteiger partial charge in [0.05, 0.1) is 10.5 Å². The van der Waals surface area contributed by atoms with Crippen molar-refractivity contribution in [1.29, 1.82) is 0 Å². The van der Waals surface area contributed by atoms with Crippen molar-refractivity contribution in [2.45, 2.75) is 13.8 Å². The van der Waals surface area contributed by atoms with Gasteiger partial charge in [0.2, 0.25) is 0 Å². The van der Waals surface area contributed by atoms with Crippen LogP contribution in [0.15, 0.2) is 36.4 Å². The molecule has 2 rings (SSSR count). The van der Waals surface area contributed by atoms with Crippen molar-refractivity contribution in [2.75, 3.05) is 5.32 Å². The lowest BCUT2D eigenvalue weighted by Crippen LogP contribution is -2.14. The number of nitrogens with one attached hydrogen (secondary N) is 1. The Labute approximate surface area is 126 Å². The van der Waals surface area contributed by atoms with Gasteiger partial charge in [0.1, 0.15) is 5.02 Å². The van der Waals surface area contributed by atoms with Crippen molar-refractivity contribution < 1.29 is 9.72 Å². The number of hydrogen-bond donors (Lipinski definition) is 1. The molecule has 21 heavy (non-hydrogen) atoms. The molecular formula is C15H13ClN2O3. The normalized spacial score (nSPS) is 10.2. The number of anilines is 1. The van der Waals surface area contributed by atoms with Crippen LogP contribution >= 0.6 is 11.6 Å². The van der Waals surface area contributed by atoms with Gasteiger partial charge in [-0.2, -0.15) is 0 Å². The van der Waals surface area contributed by atoms with Crippen LogP contribution in [-0.2, 0) is 0 Å². The number of carbonyl (C=O) groups excluding carboxylic acids is 1. The summed E-state index contributed by atoms with van der Waals surface area (Å²) in [6.07, 6.45) is 0. The first kappa shape index (κ1) is 15.0. The van der Waals surface area contributed by atoms with Crippen molar-refractivity contribution >= 4 is 28.9 Å². The van der Waals surface area contributed by atoms with Gasteiger partial charge < -0.3 is 5.32 Å². The molecule has 0 atom stereocenters. The number of benzene rings is 2. The highest BCUT2D eigenvalue weighted by atomic mass is 35.5. The summed E-state index contributed by atoms with van der Waals surface area (Å²) >= 11 is 5.93. The smallest absolute Gasteiger partial charge is 0.288 e. The molecule has 0 aliphatic rings. The molecule has 2 aromatic rings. The minimum Gasteiger partial charge on any atom is -0.322 e. The molecule has 0 spiro atoms. The summed E-state index contributed by atoms with van der Waals surface area (Å²) in [7, 11) is 0. The maximum absolute atomic E-state index is 12.3. The Hall–Kier alpha value is -2.40. The highest BCUT2D eigenvalue weighted by Gasteiger charge is 2.20. The molecule has 0 aliphatic carbocycles. The second-order valence-electron chi connectivity index (χ2n) is 4.67. The van der Waals surface area contributed by atoms with Crippen LogP contribution in [0.4, 0.5) is 11.4 Å². The minimum atomic E-state index is -0.614. The van der Waals surface area contributed by atoms with E-state index < -0.39 is 10.8 Å². The van der Waals surface area contributed by atoms with Crippen LogP contribution in [0.3, 0.4) is 0 Å². The van der Waals surface area contributed by atoms with E-state index in [1.807, 2.05) is 32.0 Å². The van der Waals surface area contributed by atoms with Crippen molar-refractivity contribution in [1.82, 2.24) is 0 Å². The highest BCUT2D eigenvalue weighted by molar-refractivity contribution is 6.36. The van der Waals surface area contributed by atoms with Crippen molar-refractivity contribution in [3.63, 3.8) is 0 Å². The first-order chi connectivity index (χ1) is 9.90. The number of nitrogens with zero attached hydrogens (tertiary/aromatic N) is 1. The van der Waals surface area contributed by atoms with E-state index in [4.69, 9.17) is 11.6 Å². The van der Waals surface area contributed by atoms with Gasteiger partial charge in [-0.15, -0.1) is 0 Å². The quantitative estimate of drug-likeness (QED) is 0.685. The van der Waals surface area contributed by atoms with Gasteiger partial charge in [0, 0.05) is 11.8 Å². The first-order valence-electron chi connectivity index (χ1n) is 6.21. The predicted octanol–water partition coefficient (Wildman–Crippen LogP) is 4.12. The molecule has 0 heterocycles. The first-order valence-corrected chi connectivity index (χ1v) is 6.59. The maximum Gasteiger partial charge on any atom is 0.288 e. The Balaban J connectivity index is 2.35. The predicted molar refractivity (Wildman–Crippen MR) is 82.0 cm³/mol. The summed E-state index contributed by atoms with van der Waals surface area (Å²) < 4.78 is 0. The fraction of sp³-hybridized carbons (Fsp3) is 0.133. The Morgan fingerprint density at radius 3 is 2.62 bits per heavy atom. The van der Waals surface area contributed by atoms with Crippen molar-refractivity contribution in [3.05, 3.63) is 68.2 Å². The molecule has 5 nitrogen and oxygen atoms in total. The molecule has 0 unspecified atom stereocenters. The summed E-state index contributed by atoms with van der Waals surface area (Å²) in [4.78, 5) is 22.5. The molecule has 108 valence electrons. The van der Waals surface area contributed by atoms with E-state index in [1.54, 1.807) is 0 Å². The number of amides is 1. The number of hydrogen-bond acceptors (Lipinski definition) is 3. The topological polar surface area (TPSA) is 72.2 Å². The minimum absolute atomic E-state index is 0.0757. The zero-order valence-corrected chi connectivity index (χ0v) is 12.3. The molecule has 0 aliphatic heterocycles. The lowest BCUT2D eigenvalue weighted by Gasteiger charge is -2.10. The molecule has 6 heteroatoms. The molecule has 1 N–H and O–H groups in total. The van der Waals surface area contributed by atoms with Gasteiger partial charge in [-0.1, -0.05) is 29.8 Å². The summed E-state index contributed by atoms with van der Waals surface area (Å²) in [6.45, 7) is 3.78. The van der Waals surface area contributed by atoms with Crippen LogP contribution in [0.25, 0.3) is 0 Å². The van der Waals surface area contributed by atoms with Crippen LogP contribution in [0, 0.1) is 24.0 Å². The summed E-state index contributed by atoms with van der Waals surface area (Å²) in [5.41, 5.74) is 2.34. The molecule has 0 bridgehead atoms. The van der Waals surface area contributed by atoms with Gasteiger partial charge >= 0.3 is 0 Å². The number of nitro benzene ring substituents is 1. The van der Waals surface area contributed by atoms with E-state index in [0.29, 0.717) is 5.69 Å². The Morgan fingerprint density at radius 2 is 1.95 bits per heavy atom. The van der Waals surface area contributed by atoms with E-state index in [-0.39, 0.29) is 16.3 Å². The zero-order chi connectivity index (χ0) is 15.6. The summed E-state index contributed by atoms with van der Waals surface area (Å²) in [5.74, 6) is -0.475. The van der Waals surface area contributed by atoms with Gasteiger partial charge in [-0.05, 0) is 37.1 Å². The fourth-order valence-corrected chi connectivity index (χ4v) is 2.18. The Bertz CT molecular complexity index is 729. The molecule has 0 saturated heterocycles. The number of aryl methyl sites for hydroxylation is 2. The van der Waals surface area contributed by atoms with E-state index >= 15 is 0 Å². The average molecular weight is 305 g/mol. The average Bonchev–Trinajstić information content (AvgIpc) is 2.42. The second-order valence-corrected chi connectivity index (χ2v) is 5.05. The van der Waals surface area contributed by atoms with E-state index in [0.717, 1.165) is 11.1 Å². The highest BCUT2D eigenvalue weighted by Crippen LogP contribution is 2.28. The lowest BCUT2D eigenvalue weighted by atomic mass is 10.1. The fourth-order valence-electron chi connectivity index (χ4n) is 1.90. The number of rotatable bonds is 3. The van der Waals surface area contributed by atoms with Crippen LogP contribution in [0.2, 0.25) is 5.02 Å². The third kappa shape index (κ3) is 3.20. The maximum atomic E-state index is 12.3. The SMILES string of the molecule is Cc1ccc(C)c(NC(=O)c2cccc([N+](=O)[O-])c2Cl)c1. The van der Waals surface area contributed by atoms with Gasteiger partial charge in [0.25, 0.3) is 11.6 Å². The number of nitro groups is 1. The lowest BCUT2D eigenvalue weighted by molar-refractivity contribution is -0.384. The molecule has 0 saturated carbocycles. The molecule has 0 fully saturated rings. The molecule has 2 aromatic carbocycles. The Kier molecular flexibility index (Phi) is 4.23. The van der Waals surface area contributed by atoms with Crippen LogP contribution in [0.5, 0.6) is 0 Å². The van der Waals surface area contributed by atoms with Crippen LogP contribution in [0.1, 0.15) is 21.5 Å². The molecule has 0 radical (unpaired) electrons. The van der Waals surface area contributed by atoms with Crippen molar-refractivity contribution in [2.24, 2.45) is 0 Å². The van der Waals surface area contributed by atoms with E-state index in [9.17, 15) is 14.9 Å². The van der Waals surface area contributed by atoms with Crippen molar-refractivity contribution in [3.8, 4) is 0 Å². The third-order valence-electron chi connectivity index (χ3n) is 3.06. The van der Waals surface area contributed by atoms with Gasteiger partial charge in [-0.25, -0.2) is 0 Å². The third-order valence-corrected chi connectivity index (χ3v) is 3.46. The van der Waals surface area contributed by atoms with Crippen LogP contribution < -0.4 is 5.32 Å². The summed E-state index contributed by atoms with van der Waals surface area (Å²) in [6, 6.07) is 9.80. The standard InChI is InChI=1S/C15H13ClN2O3/c1-9-6-7-10(2)12(8-9)17-15(19)11-4-3-5-13(14(11)16)18(20)21/h3-8H,1-2H3,(H,17,19). The summed E-state index contributed by atoms with van der Waals surface area (Å²) in [5, 5.41) is 13.4. The van der Waals surface area contributed by atoms with E-state index in [1.165, 1.54) is 18.2 Å². The van der Waals surface area contributed by atoms with Crippen LogP contribution in [-0.4, -0.2) is 10.8 Å². The molecular weight excluding hydrogens is 292 g/mol. The molecule has 1 amide bonds. The molecule has 0 aromatic heterocycles. The van der Waals surface area contributed by atoms with E-state index in [2.05, 4.69) is 5.32 Å². The second kappa shape index (κ2) is 5.93. The zero-order valence-electron chi connectivity index (χ0n) is 11.5. The van der Waals surface area contributed by atoms with Gasteiger partial charge in [-0.3, -0.25) is 14.9 Å². The largest absolute Gasteiger partial charge is 0.322 e. The Morgan fingerprint density at radius 1 is 1.24 bits per heavy atom. The number of carbonyl (C=O) groups is 1. The number of halogens is 1. The van der Waals surface area contributed by atoms with Gasteiger partial charge in [0.15, 0.2) is 0 Å².